The summed E-state index contributed by atoms with van der Waals surface area (Å²) in [5.41, 5.74) is 5.41. The molecule has 0 heterocycles. The van der Waals surface area contributed by atoms with Gasteiger partial charge >= 0.3 is 11.9 Å². The second-order valence-corrected chi connectivity index (χ2v) is 6.73. The Morgan fingerprint density at radius 3 is 1.71 bits per heavy atom. The predicted molar refractivity (Wildman–Crippen MR) is 95.8 cm³/mol. The summed E-state index contributed by atoms with van der Waals surface area (Å²) in [5.74, 6) is -5.58. The first-order valence-corrected chi connectivity index (χ1v) is 8.57. The highest BCUT2D eigenvalue weighted by Crippen LogP contribution is 2.05. The van der Waals surface area contributed by atoms with Gasteiger partial charge in [-0.2, -0.15) is 0 Å². The van der Waals surface area contributed by atoms with Crippen LogP contribution in [0.2, 0.25) is 0 Å². The Kier molecular flexibility index (Phi) is 10.1. The second-order valence-electron chi connectivity index (χ2n) is 6.73. The molecule has 28 heavy (non-hydrogen) atoms. The summed E-state index contributed by atoms with van der Waals surface area (Å²) < 4.78 is 0. The van der Waals surface area contributed by atoms with Crippen LogP contribution in [0.15, 0.2) is 0 Å². The predicted octanol–water partition coefficient (Wildman–Crippen LogP) is -2.62. The molecule has 0 radical (unpaired) electrons. The molecular weight excluding hydrogens is 376 g/mol. The molecule has 0 spiro atoms. The number of amides is 3. The van der Waals surface area contributed by atoms with Crippen molar-refractivity contribution in [3.63, 3.8) is 0 Å². The van der Waals surface area contributed by atoms with Crippen molar-refractivity contribution in [2.45, 2.75) is 64.4 Å². The second kappa shape index (κ2) is 11.2. The lowest BCUT2D eigenvalue weighted by molar-refractivity contribution is -0.145. The highest BCUT2D eigenvalue weighted by molar-refractivity contribution is 5.94. The SMILES string of the molecule is CC(NC(=O)C(N)CC(=O)O)C(=O)NC(C(=O)NC(C(=O)O)C(C)O)C(C)C. The fraction of sp³-hybridized carbons (Fsp3) is 0.688. The third kappa shape index (κ3) is 8.31. The quantitative estimate of drug-likeness (QED) is 0.192. The fourth-order valence-corrected chi connectivity index (χ4v) is 2.11. The molecule has 3 amide bonds. The molecule has 0 fully saturated rings. The van der Waals surface area contributed by atoms with Crippen molar-refractivity contribution in [1.82, 2.24) is 16.0 Å². The van der Waals surface area contributed by atoms with E-state index in [-0.39, 0.29) is 0 Å². The fourth-order valence-electron chi connectivity index (χ4n) is 2.11. The number of hydrogen-bond acceptors (Lipinski definition) is 7. The molecule has 0 saturated heterocycles. The van der Waals surface area contributed by atoms with Gasteiger partial charge in [-0.25, -0.2) is 4.79 Å². The van der Waals surface area contributed by atoms with Crippen molar-refractivity contribution >= 4 is 29.7 Å². The van der Waals surface area contributed by atoms with Crippen LogP contribution < -0.4 is 21.7 Å². The normalized spacial score (nSPS) is 16.2. The number of nitrogens with two attached hydrogens (primary N) is 1. The lowest BCUT2D eigenvalue weighted by Crippen LogP contribution is -2.59. The summed E-state index contributed by atoms with van der Waals surface area (Å²) in [4.78, 5) is 58.1. The van der Waals surface area contributed by atoms with E-state index in [2.05, 4.69) is 16.0 Å². The van der Waals surface area contributed by atoms with E-state index in [0.717, 1.165) is 0 Å². The smallest absolute Gasteiger partial charge is 0.328 e. The average Bonchev–Trinajstić information content (AvgIpc) is 2.55. The summed E-state index contributed by atoms with van der Waals surface area (Å²) in [6, 6.07) is -5.18. The molecule has 5 atom stereocenters. The topological polar surface area (TPSA) is 208 Å². The van der Waals surface area contributed by atoms with Crippen LogP contribution in [0.4, 0.5) is 0 Å². The number of hydrogen-bond donors (Lipinski definition) is 7. The Morgan fingerprint density at radius 2 is 1.32 bits per heavy atom. The maximum Gasteiger partial charge on any atom is 0.328 e. The Labute approximate surface area is 161 Å². The molecule has 8 N–H and O–H groups in total. The third-order valence-electron chi connectivity index (χ3n) is 3.78. The maximum atomic E-state index is 12.3. The van der Waals surface area contributed by atoms with Crippen molar-refractivity contribution in [3.05, 3.63) is 0 Å². The highest BCUT2D eigenvalue weighted by Gasteiger charge is 2.32. The average molecular weight is 404 g/mol. The van der Waals surface area contributed by atoms with Gasteiger partial charge in [-0.1, -0.05) is 13.8 Å². The van der Waals surface area contributed by atoms with Gasteiger partial charge < -0.3 is 37.0 Å². The molecule has 0 aromatic heterocycles. The number of carboxylic acid groups (broad SMARTS) is 2. The van der Waals surface area contributed by atoms with Crippen LogP contribution >= 0.6 is 0 Å². The first kappa shape index (κ1) is 25.3. The molecule has 12 heteroatoms. The minimum absolute atomic E-state index is 0.440. The van der Waals surface area contributed by atoms with Crippen molar-refractivity contribution < 1.29 is 39.3 Å². The van der Waals surface area contributed by atoms with Gasteiger partial charge in [-0.05, 0) is 19.8 Å². The van der Waals surface area contributed by atoms with Crippen molar-refractivity contribution in [1.29, 1.82) is 0 Å². The van der Waals surface area contributed by atoms with Crippen LogP contribution in [0.3, 0.4) is 0 Å². The van der Waals surface area contributed by atoms with Crippen molar-refractivity contribution in [3.8, 4) is 0 Å². The number of aliphatic carboxylic acids is 2. The van der Waals surface area contributed by atoms with Crippen LogP contribution in [0, 0.1) is 5.92 Å². The van der Waals surface area contributed by atoms with E-state index >= 15 is 0 Å². The molecule has 0 bridgehead atoms. The molecule has 160 valence electrons. The number of carbonyl (C=O) groups is 5. The minimum Gasteiger partial charge on any atom is -0.481 e. The summed E-state index contributed by atoms with van der Waals surface area (Å²) in [6.07, 6.45) is -1.98. The minimum atomic E-state index is -1.56. The van der Waals surface area contributed by atoms with Gasteiger partial charge in [0.2, 0.25) is 17.7 Å². The van der Waals surface area contributed by atoms with E-state index in [4.69, 9.17) is 15.9 Å². The Bertz CT molecular complexity index is 607. The summed E-state index contributed by atoms with van der Waals surface area (Å²) in [6.45, 7) is 5.72. The molecule has 12 nitrogen and oxygen atoms in total. The molecular formula is C16H28N4O8. The molecule has 5 unspecified atom stereocenters. The monoisotopic (exact) mass is 404 g/mol. The van der Waals surface area contributed by atoms with Gasteiger partial charge in [0.05, 0.1) is 18.6 Å². The van der Waals surface area contributed by atoms with Gasteiger partial charge in [0, 0.05) is 0 Å². The number of rotatable bonds is 11. The van der Waals surface area contributed by atoms with E-state index in [9.17, 15) is 29.1 Å². The van der Waals surface area contributed by atoms with Crippen molar-refractivity contribution in [2.24, 2.45) is 11.7 Å². The lowest BCUT2D eigenvalue weighted by Gasteiger charge is -2.26. The first-order valence-electron chi connectivity index (χ1n) is 8.57. The Hall–Kier alpha value is -2.73. The van der Waals surface area contributed by atoms with Crippen LogP contribution in [-0.4, -0.2) is 75.3 Å². The zero-order valence-electron chi connectivity index (χ0n) is 16.1. The number of carboxylic acids is 2. The number of nitrogens with one attached hydrogen (secondary N) is 3. The van der Waals surface area contributed by atoms with Gasteiger partial charge in [-0.3, -0.25) is 19.2 Å². The summed E-state index contributed by atoms with van der Waals surface area (Å²) in [5, 5.41) is 33.9. The van der Waals surface area contributed by atoms with Gasteiger partial charge in [0.1, 0.15) is 12.1 Å². The first-order chi connectivity index (χ1) is 12.8. The Balaban J connectivity index is 5.01. The molecule has 0 aromatic rings. The molecule has 0 rings (SSSR count). The van der Waals surface area contributed by atoms with Crippen LogP contribution in [0.5, 0.6) is 0 Å². The standard InChI is InChI=1S/C16H28N4O8/c1-6(2)11(15(26)20-12(8(4)21)16(27)28)19-13(24)7(3)18-14(25)9(17)5-10(22)23/h6-9,11-12,21H,5,17H2,1-4H3,(H,18,25)(H,19,24)(H,20,26)(H,22,23)(H,27,28). The maximum absolute atomic E-state index is 12.3. The summed E-state index contributed by atoms with van der Waals surface area (Å²) in [7, 11) is 0. The van der Waals surface area contributed by atoms with E-state index < -0.39 is 72.3 Å². The van der Waals surface area contributed by atoms with E-state index in [1.54, 1.807) is 13.8 Å². The number of aliphatic hydroxyl groups excluding tert-OH is 1. The molecule has 0 aliphatic carbocycles. The van der Waals surface area contributed by atoms with E-state index in [1.807, 2.05) is 0 Å². The molecule has 0 aliphatic heterocycles. The van der Waals surface area contributed by atoms with Gasteiger partial charge in [0.15, 0.2) is 6.04 Å². The largest absolute Gasteiger partial charge is 0.481 e. The zero-order valence-corrected chi connectivity index (χ0v) is 16.1. The lowest BCUT2D eigenvalue weighted by atomic mass is 10.0. The van der Waals surface area contributed by atoms with Crippen LogP contribution in [0.1, 0.15) is 34.1 Å². The highest BCUT2D eigenvalue weighted by atomic mass is 16.4. The molecule has 0 aliphatic rings. The van der Waals surface area contributed by atoms with Gasteiger partial charge in [0.25, 0.3) is 0 Å². The van der Waals surface area contributed by atoms with Crippen molar-refractivity contribution in [2.75, 3.05) is 0 Å². The molecule has 0 saturated carbocycles. The summed E-state index contributed by atoms with van der Waals surface area (Å²) >= 11 is 0. The zero-order chi connectivity index (χ0) is 22.2. The third-order valence-corrected chi connectivity index (χ3v) is 3.78. The number of carbonyl (C=O) groups excluding carboxylic acids is 3. The van der Waals surface area contributed by atoms with Gasteiger partial charge in [-0.15, -0.1) is 0 Å². The van der Waals surface area contributed by atoms with Crippen LogP contribution in [-0.2, 0) is 24.0 Å². The van der Waals surface area contributed by atoms with E-state index in [0.29, 0.717) is 0 Å². The number of aliphatic hydroxyl groups is 1. The van der Waals surface area contributed by atoms with Crippen LogP contribution in [0.25, 0.3) is 0 Å². The molecule has 0 aromatic carbocycles. The van der Waals surface area contributed by atoms with E-state index in [1.165, 1.54) is 13.8 Å². The Morgan fingerprint density at radius 1 is 0.821 bits per heavy atom.